The first-order valence-corrected chi connectivity index (χ1v) is 5.96. The van der Waals surface area contributed by atoms with E-state index >= 15 is 0 Å². The SMILES string of the molecule is CC1=C[C@H](n2cnc3c(Cl)nc(N)nc32)C[C@@H]1O. The van der Waals surface area contributed by atoms with Gasteiger partial charge in [0.2, 0.25) is 5.95 Å². The number of fused-ring (bicyclic) bond motifs is 1. The van der Waals surface area contributed by atoms with Crippen molar-refractivity contribution in [3.63, 3.8) is 0 Å². The van der Waals surface area contributed by atoms with Gasteiger partial charge in [-0.15, -0.1) is 0 Å². The third-order valence-corrected chi connectivity index (χ3v) is 3.46. The van der Waals surface area contributed by atoms with Gasteiger partial charge in [0.1, 0.15) is 5.52 Å². The van der Waals surface area contributed by atoms with E-state index < -0.39 is 6.10 Å². The molecule has 0 spiro atoms. The largest absolute Gasteiger partial charge is 0.389 e. The number of aliphatic hydroxyl groups is 1. The van der Waals surface area contributed by atoms with Gasteiger partial charge >= 0.3 is 0 Å². The Morgan fingerprint density at radius 2 is 2.28 bits per heavy atom. The maximum atomic E-state index is 9.76. The summed E-state index contributed by atoms with van der Waals surface area (Å²) in [4.78, 5) is 12.2. The predicted molar refractivity (Wildman–Crippen MR) is 68.2 cm³/mol. The van der Waals surface area contributed by atoms with Crippen molar-refractivity contribution in [2.45, 2.75) is 25.5 Å². The van der Waals surface area contributed by atoms with Crippen molar-refractivity contribution in [3.05, 3.63) is 23.1 Å². The molecule has 18 heavy (non-hydrogen) atoms. The second kappa shape index (κ2) is 3.93. The van der Waals surface area contributed by atoms with Crippen LogP contribution < -0.4 is 5.73 Å². The minimum atomic E-state index is -0.415. The molecule has 7 heteroatoms. The first-order chi connectivity index (χ1) is 8.56. The summed E-state index contributed by atoms with van der Waals surface area (Å²) in [5, 5.41) is 10.0. The summed E-state index contributed by atoms with van der Waals surface area (Å²) in [6, 6.07) is 0.0235. The van der Waals surface area contributed by atoms with Crippen LogP contribution in [0.3, 0.4) is 0 Å². The number of anilines is 1. The number of hydrogen-bond donors (Lipinski definition) is 2. The summed E-state index contributed by atoms with van der Waals surface area (Å²) in [5.74, 6) is 0.119. The van der Waals surface area contributed by atoms with Gasteiger partial charge in [0.05, 0.1) is 18.5 Å². The number of rotatable bonds is 1. The van der Waals surface area contributed by atoms with Gasteiger partial charge in [-0.05, 0) is 12.5 Å². The summed E-state index contributed by atoms with van der Waals surface area (Å²) in [6.45, 7) is 1.90. The van der Waals surface area contributed by atoms with Crippen molar-refractivity contribution in [1.82, 2.24) is 19.5 Å². The average Bonchev–Trinajstić information content (AvgIpc) is 2.83. The molecule has 1 aliphatic rings. The Morgan fingerprint density at radius 3 is 2.94 bits per heavy atom. The van der Waals surface area contributed by atoms with E-state index in [1.807, 2.05) is 17.6 Å². The number of aliphatic hydroxyl groups excluding tert-OH is 1. The number of allylic oxidation sites excluding steroid dienone is 1. The predicted octanol–water partition coefficient (Wildman–Crippen LogP) is 1.31. The van der Waals surface area contributed by atoms with Gasteiger partial charge in [0.15, 0.2) is 10.8 Å². The van der Waals surface area contributed by atoms with Crippen LogP contribution in [0.15, 0.2) is 18.0 Å². The number of halogens is 1. The molecular formula is C11H12ClN5O. The number of nitrogens with two attached hydrogens (primary N) is 1. The fourth-order valence-corrected chi connectivity index (χ4v) is 2.45. The lowest BCUT2D eigenvalue weighted by atomic mass is 10.2. The average molecular weight is 266 g/mol. The highest BCUT2D eigenvalue weighted by molar-refractivity contribution is 6.33. The summed E-state index contributed by atoms with van der Waals surface area (Å²) in [5.41, 5.74) is 7.67. The van der Waals surface area contributed by atoms with Gasteiger partial charge in [0.25, 0.3) is 0 Å². The maximum absolute atomic E-state index is 9.76. The van der Waals surface area contributed by atoms with E-state index in [4.69, 9.17) is 17.3 Å². The van der Waals surface area contributed by atoms with Gasteiger partial charge < -0.3 is 15.4 Å². The fraction of sp³-hybridized carbons (Fsp3) is 0.364. The molecule has 2 atom stereocenters. The molecule has 2 aromatic rings. The highest BCUT2D eigenvalue weighted by Crippen LogP contribution is 2.31. The minimum Gasteiger partial charge on any atom is -0.389 e. The lowest BCUT2D eigenvalue weighted by molar-refractivity contribution is 0.201. The molecule has 94 valence electrons. The third kappa shape index (κ3) is 1.65. The van der Waals surface area contributed by atoms with Crippen LogP contribution >= 0.6 is 11.6 Å². The maximum Gasteiger partial charge on any atom is 0.223 e. The normalized spacial score (nSPS) is 23.6. The van der Waals surface area contributed by atoms with E-state index in [9.17, 15) is 5.11 Å². The molecule has 0 aliphatic heterocycles. The smallest absolute Gasteiger partial charge is 0.223 e. The van der Waals surface area contributed by atoms with E-state index in [0.29, 0.717) is 17.6 Å². The molecule has 6 nitrogen and oxygen atoms in total. The molecule has 0 amide bonds. The number of nitrogen functional groups attached to an aromatic ring is 1. The van der Waals surface area contributed by atoms with Crippen LogP contribution in [-0.2, 0) is 0 Å². The molecule has 0 radical (unpaired) electrons. The zero-order valence-corrected chi connectivity index (χ0v) is 10.5. The first kappa shape index (κ1) is 11.4. The summed E-state index contributed by atoms with van der Waals surface area (Å²) < 4.78 is 1.86. The van der Waals surface area contributed by atoms with Gasteiger partial charge in [-0.2, -0.15) is 9.97 Å². The molecule has 3 rings (SSSR count). The van der Waals surface area contributed by atoms with Gasteiger partial charge in [-0.25, -0.2) is 4.98 Å². The van der Waals surface area contributed by atoms with Crippen LogP contribution in [-0.4, -0.2) is 30.7 Å². The van der Waals surface area contributed by atoms with Crippen molar-refractivity contribution in [2.75, 3.05) is 5.73 Å². The van der Waals surface area contributed by atoms with Crippen molar-refractivity contribution >= 4 is 28.7 Å². The van der Waals surface area contributed by atoms with E-state index in [1.54, 1.807) is 6.33 Å². The van der Waals surface area contributed by atoms with E-state index in [1.165, 1.54) is 0 Å². The zero-order valence-electron chi connectivity index (χ0n) is 9.71. The van der Waals surface area contributed by atoms with Crippen molar-refractivity contribution in [2.24, 2.45) is 0 Å². The Hall–Kier alpha value is -1.66. The van der Waals surface area contributed by atoms with Crippen LogP contribution in [0.5, 0.6) is 0 Å². The quantitative estimate of drug-likeness (QED) is 0.599. The zero-order chi connectivity index (χ0) is 12.9. The number of nitrogens with zero attached hydrogens (tertiary/aromatic N) is 4. The van der Waals surface area contributed by atoms with Crippen LogP contribution in [0.4, 0.5) is 5.95 Å². The Bertz CT molecular complexity index is 650. The summed E-state index contributed by atoms with van der Waals surface area (Å²) >= 11 is 5.97. The molecule has 0 bridgehead atoms. The van der Waals surface area contributed by atoms with Crippen molar-refractivity contribution in [3.8, 4) is 0 Å². The third-order valence-electron chi connectivity index (χ3n) is 3.20. The Morgan fingerprint density at radius 1 is 1.50 bits per heavy atom. The molecule has 0 saturated carbocycles. The number of imidazole rings is 1. The molecule has 1 aliphatic carbocycles. The topological polar surface area (TPSA) is 89.9 Å². The van der Waals surface area contributed by atoms with E-state index in [0.717, 1.165) is 5.57 Å². The molecule has 2 aromatic heterocycles. The Kier molecular flexibility index (Phi) is 2.49. The van der Waals surface area contributed by atoms with Crippen molar-refractivity contribution in [1.29, 1.82) is 0 Å². The highest BCUT2D eigenvalue weighted by Gasteiger charge is 2.25. The fourth-order valence-electron chi connectivity index (χ4n) is 2.23. The molecule has 0 aromatic carbocycles. The van der Waals surface area contributed by atoms with Crippen molar-refractivity contribution < 1.29 is 5.11 Å². The molecule has 0 saturated heterocycles. The van der Waals surface area contributed by atoms with Crippen LogP contribution in [0.2, 0.25) is 5.15 Å². The van der Waals surface area contributed by atoms with Gasteiger partial charge in [0, 0.05) is 6.42 Å². The van der Waals surface area contributed by atoms with Gasteiger partial charge in [-0.1, -0.05) is 17.7 Å². The standard InChI is InChI=1S/C11H12ClN5O/c1-5-2-6(3-7(5)18)17-4-14-8-9(12)15-11(13)16-10(8)17/h2,4,6-7,18H,3H2,1H3,(H2,13,15,16)/t6-,7-/m0/s1. The van der Waals surface area contributed by atoms with Crippen LogP contribution in [0, 0.1) is 0 Å². The molecule has 3 N–H and O–H groups in total. The van der Waals surface area contributed by atoms with Gasteiger partial charge in [-0.3, -0.25) is 0 Å². The van der Waals surface area contributed by atoms with E-state index in [2.05, 4.69) is 15.0 Å². The number of hydrogen-bond acceptors (Lipinski definition) is 5. The molecular weight excluding hydrogens is 254 g/mol. The number of aromatic nitrogens is 4. The second-order valence-electron chi connectivity index (χ2n) is 4.43. The molecule has 2 heterocycles. The second-order valence-corrected chi connectivity index (χ2v) is 4.78. The highest BCUT2D eigenvalue weighted by atomic mass is 35.5. The summed E-state index contributed by atoms with van der Waals surface area (Å²) in [7, 11) is 0. The first-order valence-electron chi connectivity index (χ1n) is 5.58. The lowest BCUT2D eigenvalue weighted by Crippen LogP contribution is -2.09. The van der Waals surface area contributed by atoms with E-state index in [-0.39, 0.29) is 17.1 Å². The Balaban J connectivity index is 2.14. The molecule has 0 unspecified atom stereocenters. The minimum absolute atomic E-state index is 0.0235. The molecule has 0 fully saturated rings. The van der Waals surface area contributed by atoms with Crippen LogP contribution in [0.25, 0.3) is 11.2 Å². The lowest BCUT2D eigenvalue weighted by Gasteiger charge is -2.11. The monoisotopic (exact) mass is 265 g/mol. The van der Waals surface area contributed by atoms with Crippen LogP contribution in [0.1, 0.15) is 19.4 Å². The summed E-state index contributed by atoms with van der Waals surface area (Å²) in [6.07, 6.45) is 3.84. The Labute approximate surface area is 108 Å².